The number of carboxylic acids is 1. The van der Waals surface area contributed by atoms with Gasteiger partial charge in [0.1, 0.15) is 0 Å². The number of aromatic nitrogens is 2. The van der Waals surface area contributed by atoms with Gasteiger partial charge in [0, 0.05) is 37.4 Å². The average molecular weight is 327 g/mol. The Hall–Kier alpha value is -1.93. The Morgan fingerprint density at radius 2 is 2.17 bits per heavy atom. The molecule has 0 radical (unpaired) electrons. The van der Waals surface area contributed by atoms with Crippen molar-refractivity contribution in [2.45, 2.75) is 45.9 Å². The van der Waals surface area contributed by atoms with Crippen molar-refractivity contribution >= 4 is 12.4 Å². The highest BCUT2D eigenvalue weighted by Gasteiger charge is 2.33. The molecule has 1 aliphatic rings. The molecule has 0 spiro atoms. The number of carboxylic acid groups (broad SMARTS) is 2. The summed E-state index contributed by atoms with van der Waals surface area (Å²) in [5.41, 5.74) is 2.28. The Morgan fingerprint density at radius 1 is 1.52 bits per heavy atom. The molecule has 1 aromatic heterocycles. The van der Waals surface area contributed by atoms with Gasteiger partial charge in [0.05, 0.1) is 18.2 Å². The van der Waals surface area contributed by atoms with E-state index in [1.807, 2.05) is 17.8 Å². The van der Waals surface area contributed by atoms with Gasteiger partial charge < -0.3 is 15.3 Å². The van der Waals surface area contributed by atoms with Crippen molar-refractivity contribution in [2.75, 3.05) is 13.1 Å². The molecular formula is C15H25N3O5. The number of hydrogen-bond acceptors (Lipinski definition) is 5. The smallest absolute Gasteiger partial charge is 0.310 e. The minimum atomic E-state index is -0.916. The molecule has 1 saturated heterocycles. The van der Waals surface area contributed by atoms with Crippen LogP contribution in [0.5, 0.6) is 0 Å². The largest absolute Gasteiger partial charge is 0.483 e. The van der Waals surface area contributed by atoms with Crippen molar-refractivity contribution in [3.63, 3.8) is 0 Å². The molecule has 0 saturated carbocycles. The molecule has 1 aromatic rings. The summed E-state index contributed by atoms with van der Waals surface area (Å²) in [5.74, 6) is -1.60. The number of rotatable bonds is 5. The first kappa shape index (κ1) is 19.1. The molecule has 1 fully saturated rings. The van der Waals surface area contributed by atoms with E-state index in [1.165, 1.54) is 0 Å². The Labute approximate surface area is 135 Å². The van der Waals surface area contributed by atoms with Crippen LogP contribution in [0.25, 0.3) is 0 Å². The number of aliphatic hydroxyl groups excluding tert-OH is 1. The van der Waals surface area contributed by atoms with Crippen LogP contribution in [0.2, 0.25) is 0 Å². The van der Waals surface area contributed by atoms with Crippen LogP contribution in [0.4, 0.5) is 0 Å². The van der Waals surface area contributed by atoms with E-state index < -0.39 is 18.0 Å². The third-order valence-corrected chi connectivity index (χ3v) is 4.01. The molecule has 2 heterocycles. The molecule has 8 heteroatoms. The van der Waals surface area contributed by atoms with E-state index in [0.29, 0.717) is 19.5 Å². The van der Waals surface area contributed by atoms with Crippen molar-refractivity contribution in [3.8, 4) is 0 Å². The molecule has 3 N–H and O–H groups in total. The number of likely N-dealkylation sites (tertiary alicyclic amines) is 1. The lowest BCUT2D eigenvalue weighted by Crippen LogP contribution is -2.46. The third kappa shape index (κ3) is 5.33. The molecule has 23 heavy (non-hydrogen) atoms. The summed E-state index contributed by atoms with van der Waals surface area (Å²) in [4.78, 5) is 21.6. The Balaban J connectivity index is 0.000000816. The van der Waals surface area contributed by atoms with E-state index >= 15 is 0 Å². The number of aliphatic carboxylic acids is 1. The van der Waals surface area contributed by atoms with Crippen molar-refractivity contribution in [1.82, 2.24) is 14.7 Å². The summed E-state index contributed by atoms with van der Waals surface area (Å²) in [6, 6.07) is 0. The van der Waals surface area contributed by atoms with Gasteiger partial charge in [0.15, 0.2) is 0 Å². The van der Waals surface area contributed by atoms with Gasteiger partial charge in [-0.1, -0.05) is 6.92 Å². The number of aryl methyl sites for hydroxylation is 1. The number of piperidine rings is 1. The van der Waals surface area contributed by atoms with E-state index in [4.69, 9.17) is 15.0 Å². The topological polar surface area (TPSA) is 116 Å². The molecule has 0 aromatic carbocycles. The molecule has 8 nitrogen and oxygen atoms in total. The van der Waals surface area contributed by atoms with E-state index in [2.05, 4.69) is 16.9 Å². The molecule has 0 unspecified atom stereocenters. The van der Waals surface area contributed by atoms with Gasteiger partial charge in [-0.3, -0.25) is 19.2 Å². The molecule has 0 bridgehead atoms. The van der Waals surface area contributed by atoms with Gasteiger partial charge in [-0.25, -0.2) is 0 Å². The zero-order chi connectivity index (χ0) is 17.4. The van der Waals surface area contributed by atoms with Crippen LogP contribution in [0.15, 0.2) is 6.20 Å². The zero-order valence-electron chi connectivity index (χ0n) is 13.6. The maximum atomic E-state index is 11.1. The Morgan fingerprint density at radius 3 is 2.74 bits per heavy atom. The quantitative estimate of drug-likeness (QED) is 0.677. The highest BCUT2D eigenvalue weighted by Crippen LogP contribution is 2.20. The fourth-order valence-electron chi connectivity index (χ4n) is 2.71. The predicted molar refractivity (Wildman–Crippen MR) is 83.0 cm³/mol. The molecule has 1 aliphatic heterocycles. The molecule has 2 atom stereocenters. The molecule has 0 aliphatic carbocycles. The lowest BCUT2D eigenvalue weighted by molar-refractivity contribution is -0.149. The second-order valence-corrected chi connectivity index (χ2v) is 5.62. The molecule has 130 valence electrons. The standard InChI is InChI=1S/C14H23N3O3.CH2O2/c1-3-5-17-10(2)11(7-15-17)8-16-6-4-13(18)12(9-16)14(19)20;2-1-3/h7,12-13,18H,3-6,8-9H2,1-2H3,(H,19,20);1H,(H,2,3)/t12-,13+;/m1./s1. The highest BCUT2D eigenvalue weighted by atomic mass is 16.4. The zero-order valence-corrected chi connectivity index (χ0v) is 13.6. The maximum absolute atomic E-state index is 11.1. The van der Waals surface area contributed by atoms with Crippen LogP contribution in [-0.2, 0) is 22.7 Å². The Kier molecular flexibility index (Phi) is 7.70. The van der Waals surface area contributed by atoms with Crippen molar-refractivity contribution in [1.29, 1.82) is 0 Å². The van der Waals surface area contributed by atoms with E-state index in [1.54, 1.807) is 0 Å². The summed E-state index contributed by atoms with van der Waals surface area (Å²) < 4.78 is 1.99. The van der Waals surface area contributed by atoms with Gasteiger partial charge in [-0.05, 0) is 19.8 Å². The minimum absolute atomic E-state index is 0.250. The summed E-state index contributed by atoms with van der Waals surface area (Å²) in [7, 11) is 0. The van der Waals surface area contributed by atoms with Crippen LogP contribution < -0.4 is 0 Å². The summed E-state index contributed by atoms with van der Waals surface area (Å²) >= 11 is 0. The van der Waals surface area contributed by atoms with Crippen LogP contribution in [-0.4, -0.2) is 61.6 Å². The first-order valence-electron chi connectivity index (χ1n) is 7.66. The number of aliphatic hydroxyl groups is 1. The first-order chi connectivity index (χ1) is 10.9. The number of hydrogen-bond donors (Lipinski definition) is 3. The van der Waals surface area contributed by atoms with Gasteiger partial charge >= 0.3 is 5.97 Å². The van der Waals surface area contributed by atoms with Gasteiger partial charge in [-0.15, -0.1) is 0 Å². The number of nitrogens with zero attached hydrogens (tertiary/aromatic N) is 3. The van der Waals surface area contributed by atoms with E-state index in [9.17, 15) is 9.90 Å². The third-order valence-electron chi connectivity index (χ3n) is 4.01. The minimum Gasteiger partial charge on any atom is -0.483 e. The predicted octanol–water partition coefficient (Wildman–Crippen LogP) is 0.570. The van der Waals surface area contributed by atoms with Gasteiger partial charge in [-0.2, -0.15) is 5.10 Å². The van der Waals surface area contributed by atoms with Crippen molar-refractivity contribution in [2.24, 2.45) is 5.92 Å². The van der Waals surface area contributed by atoms with Crippen LogP contribution in [0.1, 0.15) is 31.0 Å². The maximum Gasteiger partial charge on any atom is 0.310 e. The van der Waals surface area contributed by atoms with Crippen LogP contribution >= 0.6 is 0 Å². The van der Waals surface area contributed by atoms with E-state index in [-0.39, 0.29) is 6.47 Å². The fourth-order valence-corrected chi connectivity index (χ4v) is 2.71. The van der Waals surface area contributed by atoms with Gasteiger partial charge in [0.2, 0.25) is 0 Å². The van der Waals surface area contributed by atoms with E-state index in [0.717, 1.165) is 30.8 Å². The van der Waals surface area contributed by atoms with Crippen LogP contribution in [0.3, 0.4) is 0 Å². The lowest BCUT2D eigenvalue weighted by Gasteiger charge is -2.33. The van der Waals surface area contributed by atoms with Crippen molar-refractivity contribution < 1.29 is 24.9 Å². The SMILES string of the molecule is CCCn1ncc(CN2CC[C@H](O)[C@H](C(=O)O)C2)c1C.O=CO. The second kappa shape index (κ2) is 9.26. The first-order valence-corrected chi connectivity index (χ1v) is 7.66. The second-order valence-electron chi connectivity index (χ2n) is 5.62. The Bertz CT molecular complexity index is 517. The lowest BCUT2D eigenvalue weighted by atomic mass is 9.94. The molecular weight excluding hydrogens is 302 g/mol. The highest BCUT2D eigenvalue weighted by molar-refractivity contribution is 5.71. The molecule has 0 amide bonds. The average Bonchev–Trinajstić information content (AvgIpc) is 2.83. The van der Waals surface area contributed by atoms with Crippen LogP contribution in [0, 0.1) is 12.8 Å². The summed E-state index contributed by atoms with van der Waals surface area (Å²) in [6.07, 6.45) is 2.69. The monoisotopic (exact) mass is 327 g/mol. The molecule has 2 rings (SSSR count). The normalized spacial score (nSPS) is 21.3. The van der Waals surface area contributed by atoms with Crippen molar-refractivity contribution in [3.05, 3.63) is 17.5 Å². The summed E-state index contributed by atoms with van der Waals surface area (Å²) in [5, 5.41) is 30.1. The fraction of sp³-hybridized carbons (Fsp3) is 0.667. The summed E-state index contributed by atoms with van der Waals surface area (Å²) in [6.45, 7) is 6.64. The van der Waals surface area contributed by atoms with Gasteiger partial charge in [0.25, 0.3) is 6.47 Å². The number of carbonyl (C=O) groups is 2.